The van der Waals surface area contributed by atoms with E-state index in [4.69, 9.17) is 0 Å². The molecule has 0 amide bonds. The van der Waals surface area contributed by atoms with Crippen LogP contribution in [0.1, 0.15) is 43.0 Å². The molecule has 0 saturated heterocycles. The summed E-state index contributed by atoms with van der Waals surface area (Å²) in [7, 11) is 0.789. The molecule has 2 rings (SSSR count). The van der Waals surface area contributed by atoms with Crippen LogP contribution in [0.15, 0.2) is 30.5 Å². The van der Waals surface area contributed by atoms with E-state index in [9.17, 15) is 0 Å². The fourth-order valence-electron chi connectivity index (χ4n) is 2.99. The fourth-order valence-corrected chi connectivity index (χ4v) is 4.69. The number of hydrogen-bond donors (Lipinski definition) is 0. The Morgan fingerprint density at radius 1 is 1.00 bits per heavy atom. The summed E-state index contributed by atoms with van der Waals surface area (Å²) in [5.41, 5.74) is 6.80. The van der Waals surface area contributed by atoms with Gasteiger partial charge in [0.25, 0.3) is 7.41 Å². The molecule has 1 aromatic carbocycles. The Bertz CT molecular complexity index is 612. The molecule has 0 unspecified atom stereocenters. The predicted octanol–water partition coefficient (Wildman–Crippen LogP) is 5.41. The van der Waals surface area contributed by atoms with Crippen molar-refractivity contribution in [2.24, 2.45) is 0 Å². The van der Waals surface area contributed by atoms with Crippen LogP contribution in [0.3, 0.4) is 0 Å². The average Bonchev–Trinajstić information content (AvgIpc) is 2.36. The molecule has 0 bridgehead atoms. The lowest BCUT2D eigenvalue weighted by Gasteiger charge is -2.47. The topological polar surface area (TPSA) is 3.24 Å². The molecule has 117 valence electrons. The van der Waals surface area contributed by atoms with E-state index in [1.807, 2.05) is 0 Å². The van der Waals surface area contributed by atoms with E-state index in [2.05, 4.69) is 97.0 Å². The van der Waals surface area contributed by atoms with Gasteiger partial charge in [-0.15, -0.1) is 0 Å². The van der Waals surface area contributed by atoms with Crippen LogP contribution in [0, 0.1) is 20.8 Å². The Morgan fingerprint density at radius 2 is 1.55 bits per heavy atom. The van der Waals surface area contributed by atoms with Gasteiger partial charge in [-0.25, -0.2) is 0 Å². The quantitative estimate of drug-likeness (QED) is 0.660. The van der Waals surface area contributed by atoms with E-state index in [1.54, 1.807) is 0 Å². The van der Waals surface area contributed by atoms with E-state index in [0.717, 1.165) is 0 Å². The highest BCUT2D eigenvalue weighted by Gasteiger charge is 2.40. The molecule has 3 heteroatoms. The number of allylic oxidation sites excluding steroid dienone is 2. The molecule has 22 heavy (non-hydrogen) atoms. The van der Waals surface area contributed by atoms with Gasteiger partial charge in [-0.3, -0.25) is 0 Å². The third kappa shape index (κ3) is 3.10. The Labute approximate surface area is 138 Å². The van der Waals surface area contributed by atoms with Crippen molar-refractivity contribution >= 4 is 21.1 Å². The third-order valence-corrected chi connectivity index (χ3v) is 10.5. The first-order valence-corrected chi connectivity index (χ1v) is 11.1. The van der Waals surface area contributed by atoms with Gasteiger partial charge in [-0.1, -0.05) is 63.1 Å². The molecule has 1 aliphatic heterocycles. The van der Waals surface area contributed by atoms with Crippen molar-refractivity contribution in [2.45, 2.75) is 59.7 Å². The van der Waals surface area contributed by atoms with Gasteiger partial charge in [0.2, 0.25) is 0 Å². The van der Waals surface area contributed by atoms with Gasteiger partial charge in [-0.05, 0) is 54.8 Å². The SMILES string of the molecule is Cc1cc(C)c(C2=CC=CN([Si](C)(C)C(C)(C)C)[B]2)c(C)c1. The zero-order valence-corrected chi connectivity index (χ0v) is 16.4. The smallest absolute Gasteiger partial charge is 0.276 e. The van der Waals surface area contributed by atoms with Crippen LogP contribution in [0.5, 0.6) is 0 Å². The van der Waals surface area contributed by atoms with Crippen molar-refractivity contribution in [3.8, 4) is 0 Å². The molecule has 0 spiro atoms. The number of rotatable bonds is 2. The molecule has 0 N–H and O–H groups in total. The van der Waals surface area contributed by atoms with Gasteiger partial charge < -0.3 is 4.48 Å². The van der Waals surface area contributed by atoms with Gasteiger partial charge >= 0.3 is 0 Å². The summed E-state index contributed by atoms with van der Waals surface area (Å²) in [6.07, 6.45) is 6.70. The Kier molecular flexibility index (Phi) is 4.49. The van der Waals surface area contributed by atoms with Crippen molar-refractivity contribution < 1.29 is 0 Å². The monoisotopic (exact) mass is 310 g/mol. The molecule has 1 aromatic rings. The van der Waals surface area contributed by atoms with Crippen LogP contribution >= 0.6 is 0 Å². The first kappa shape index (κ1) is 17.1. The van der Waals surface area contributed by atoms with E-state index < -0.39 is 8.24 Å². The van der Waals surface area contributed by atoms with Gasteiger partial charge in [0.15, 0.2) is 0 Å². The lowest BCUT2D eigenvalue weighted by atomic mass is 9.73. The van der Waals surface area contributed by atoms with Crippen molar-refractivity contribution in [1.29, 1.82) is 0 Å². The normalized spacial score (nSPS) is 15.6. The fraction of sp³-hybridized carbons (Fsp3) is 0.474. The lowest BCUT2D eigenvalue weighted by molar-refractivity contribution is 0.658. The maximum absolute atomic E-state index is 2.50. The minimum Gasteiger partial charge on any atom is -0.448 e. The molecule has 1 radical (unpaired) electrons. The van der Waals surface area contributed by atoms with Crippen molar-refractivity contribution in [1.82, 2.24) is 4.48 Å². The zero-order valence-electron chi connectivity index (χ0n) is 15.4. The first-order chi connectivity index (χ1) is 10.0. The molecule has 1 nitrogen and oxygen atoms in total. The maximum atomic E-state index is 2.50. The summed E-state index contributed by atoms with van der Waals surface area (Å²) in [6, 6.07) is 4.57. The summed E-state index contributed by atoms with van der Waals surface area (Å²) in [4.78, 5) is 0. The van der Waals surface area contributed by atoms with Gasteiger partial charge in [0.1, 0.15) is 8.24 Å². The van der Waals surface area contributed by atoms with Crippen LogP contribution < -0.4 is 0 Å². The molecular formula is C19H29BNSi. The maximum Gasteiger partial charge on any atom is 0.276 e. The largest absolute Gasteiger partial charge is 0.448 e. The van der Waals surface area contributed by atoms with Crippen molar-refractivity contribution in [3.63, 3.8) is 0 Å². The average molecular weight is 310 g/mol. The summed E-state index contributed by atoms with van der Waals surface area (Å²) in [5, 5.41) is 0.327. The standard InChI is InChI=1S/C19H29BNSi/c1-14-12-15(2)18(16(3)13-14)17-10-9-11-21(20-17)22(7,8)19(4,5)6/h9-13H,1-8H3. The summed E-state index contributed by atoms with van der Waals surface area (Å²) >= 11 is 0. The number of hydrogen-bond acceptors (Lipinski definition) is 1. The zero-order chi connectivity index (χ0) is 16.7. The Balaban J connectivity index is 2.38. The highest BCUT2D eigenvalue weighted by molar-refractivity contribution is 6.86. The van der Waals surface area contributed by atoms with E-state index >= 15 is 0 Å². The summed E-state index contributed by atoms with van der Waals surface area (Å²) in [6.45, 7) is 18.6. The second-order valence-electron chi connectivity index (χ2n) is 8.08. The van der Waals surface area contributed by atoms with Crippen LogP contribution in [-0.4, -0.2) is 20.1 Å². The lowest BCUT2D eigenvalue weighted by Crippen LogP contribution is -2.54. The second kappa shape index (κ2) is 5.77. The second-order valence-corrected chi connectivity index (χ2v) is 13.2. The van der Waals surface area contributed by atoms with Crippen LogP contribution in [0.4, 0.5) is 0 Å². The molecular weight excluding hydrogens is 281 g/mol. The van der Waals surface area contributed by atoms with Gasteiger partial charge in [0.05, 0.1) is 0 Å². The van der Waals surface area contributed by atoms with Crippen LogP contribution in [0.25, 0.3) is 5.47 Å². The first-order valence-electron chi connectivity index (χ1n) is 8.14. The third-order valence-electron chi connectivity index (χ3n) is 5.25. The van der Waals surface area contributed by atoms with Crippen molar-refractivity contribution in [2.75, 3.05) is 0 Å². The molecule has 0 aromatic heterocycles. The van der Waals surface area contributed by atoms with E-state index in [-0.39, 0.29) is 0 Å². The molecule has 1 aliphatic rings. The Hall–Kier alpha value is -1.22. The molecule has 0 atom stereocenters. The van der Waals surface area contributed by atoms with Gasteiger partial charge in [0, 0.05) is 0 Å². The van der Waals surface area contributed by atoms with Crippen LogP contribution in [-0.2, 0) is 0 Å². The molecule has 0 aliphatic carbocycles. The number of aryl methyl sites for hydroxylation is 3. The minimum absolute atomic E-state index is 0.327. The summed E-state index contributed by atoms with van der Waals surface area (Å²) in [5.74, 6) is 0. The summed E-state index contributed by atoms with van der Waals surface area (Å²) < 4.78 is 2.50. The van der Waals surface area contributed by atoms with Gasteiger partial charge in [-0.2, -0.15) is 0 Å². The predicted molar refractivity (Wildman–Crippen MR) is 103 cm³/mol. The Morgan fingerprint density at radius 3 is 2.05 bits per heavy atom. The van der Waals surface area contributed by atoms with Crippen molar-refractivity contribution in [3.05, 3.63) is 52.7 Å². The van der Waals surface area contributed by atoms with E-state index in [1.165, 1.54) is 27.7 Å². The van der Waals surface area contributed by atoms with E-state index in [0.29, 0.717) is 5.04 Å². The highest BCUT2D eigenvalue weighted by Crippen LogP contribution is 2.40. The molecule has 0 fully saturated rings. The number of nitrogens with zero attached hydrogens (tertiary/aromatic N) is 1. The molecule has 1 heterocycles. The molecule has 0 saturated carbocycles. The minimum atomic E-state index is -1.57. The number of benzene rings is 1. The van der Waals surface area contributed by atoms with Crippen LogP contribution in [0.2, 0.25) is 18.1 Å². The highest BCUT2D eigenvalue weighted by atomic mass is 28.3.